The predicted molar refractivity (Wildman–Crippen MR) is 115 cm³/mol. The highest BCUT2D eigenvalue weighted by atomic mass is 16.5. The molecule has 0 fully saturated rings. The Morgan fingerprint density at radius 3 is 2.28 bits per heavy atom. The van der Waals surface area contributed by atoms with E-state index < -0.39 is 0 Å². The van der Waals surface area contributed by atoms with Crippen molar-refractivity contribution >= 4 is 6.03 Å². The summed E-state index contributed by atoms with van der Waals surface area (Å²) in [5, 5.41) is 3.27. The first-order valence-electron chi connectivity index (χ1n) is 10.1. The van der Waals surface area contributed by atoms with E-state index in [0.717, 1.165) is 29.7 Å². The first kappa shape index (κ1) is 21.0. The largest absolute Gasteiger partial charge is 0.493 e. The van der Waals surface area contributed by atoms with Crippen LogP contribution in [0.25, 0.3) is 0 Å². The summed E-state index contributed by atoms with van der Waals surface area (Å²) in [5.74, 6) is 1.43. The summed E-state index contributed by atoms with van der Waals surface area (Å²) in [6.07, 6.45) is 1.68. The first-order chi connectivity index (χ1) is 13.8. The van der Waals surface area contributed by atoms with Crippen LogP contribution in [0, 0.1) is 5.41 Å². The van der Waals surface area contributed by atoms with Crippen molar-refractivity contribution in [3.05, 3.63) is 59.2 Å². The number of ether oxygens (including phenoxy) is 2. The Morgan fingerprint density at radius 2 is 1.69 bits per heavy atom. The van der Waals surface area contributed by atoms with Crippen molar-refractivity contribution in [2.24, 2.45) is 5.41 Å². The van der Waals surface area contributed by atoms with Crippen molar-refractivity contribution in [1.82, 2.24) is 10.2 Å². The average molecular weight is 397 g/mol. The third-order valence-corrected chi connectivity index (χ3v) is 5.32. The SMILES string of the molecule is COc1cc2c(cc1OC)CN(C(=O)NC(CC(C)(C)C)c1ccccc1)CC2. The number of rotatable bonds is 5. The Kier molecular flexibility index (Phi) is 6.36. The number of benzene rings is 2. The monoisotopic (exact) mass is 396 g/mol. The lowest BCUT2D eigenvalue weighted by Crippen LogP contribution is -2.44. The maximum atomic E-state index is 13.1. The predicted octanol–water partition coefficient (Wildman–Crippen LogP) is 4.95. The molecule has 156 valence electrons. The molecule has 29 heavy (non-hydrogen) atoms. The number of hydrogen-bond donors (Lipinski definition) is 1. The van der Waals surface area contributed by atoms with Crippen LogP contribution in [-0.2, 0) is 13.0 Å². The van der Waals surface area contributed by atoms with Gasteiger partial charge < -0.3 is 19.7 Å². The number of nitrogens with one attached hydrogen (secondary N) is 1. The number of carbonyl (C=O) groups excluding carboxylic acids is 1. The summed E-state index contributed by atoms with van der Waals surface area (Å²) in [6, 6.07) is 14.2. The van der Waals surface area contributed by atoms with Gasteiger partial charge in [0.25, 0.3) is 0 Å². The van der Waals surface area contributed by atoms with Gasteiger partial charge in [-0.3, -0.25) is 0 Å². The Morgan fingerprint density at radius 1 is 1.07 bits per heavy atom. The highest BCUT2D eigenvalue weighted by Crippen LogP contribution is 2.34. The Labute approximate surface area is 174 Å². The maximum absolute atomic E-state index is 13.1. The average Bonchev–Trinajstić information content (AvgIpc) is 2.71. The van der Waals surface area contributed by atoms with Gasteiger partial charge in [0.1, 0.15) is 0 Å². The van der Waals surface area contributed by atoms with Gasteiger partial charge in [-0.25, -0.2) is 4.79 Å². The van der Waals surface area contributed by atoms with Crippen molar-refractivity contribution in [2.75, 3.05) is 20.8 Å². The number of urea groups is 1. The van der Waals surface area contributed by atoms with Gasteiger partial charge >= 0.3 is 6.03 Å². The standard InChI is InChI=1S/C24H32N2O3/c1-24(2,3)15-20(17-9-7-6-8-10-17)25-23(27)26-12-11-18-13-21(28-4)22(29-5)14-19(18)16-26/h6-10,13-14,20H,11-12,15-16H2,1-5H3,(H,25,27). The van der Waals surface area contributed by atoms with Crippen LogP contribution in [0.1, 0.15) is 49.9 Å². The molecule has 0 spiro atoms. The molecule has 5 nitrogen and oxygen atoms in total. The van der Waals surface area contributed by atoms with Crippen molar-refractivity contribution in [3.8, 4) is 11.5 Å². The summed E-state index contributed by atoms with van der Waals surface area (Å²) >= 11 is 0. The lowest BCUT2D eigenvalue weighted by molar-refractivity contribution is 0.183. The Balaban J connectivity index is 1.76. The van der Waals surface area contributed by atoms with E-state index in [1.807, 2.05) is 35.2 Å². The van der Waals surface area contributed by atoms with Gasteiger partial charge in [0.05, 0.1) is 20.3 Å². The Bertz CT molecular complexity index is 843. The fraction of sp³-hybridized carbons (Fsp3) is 0.458. The van der Waals surface area contributed by atoms with E-state index in [9.17, 15) is 4.79 Å². The molecule has 2 aromatic rings. The van der Waals surface area contributed by atoms with Crippen LogP contribution in [0.4, 0.5) is 4.79 Å². The van der Waals surface area contributed by atoms with Crippen molar-refractivity contribution in [3.63, 3.8) is 0 Å². The van der Waals surface area contributed by atoms with Crippen molar-refractivity contribution < 1.29 is 14.3 Å². The summed E-state index contributed by atoms with van der Waals surface area (Å²) in [5.41, 5.74) is 3.56. The molecular weight excluding hydrogens is 364 g/mol. The zero-order chi connectivity index (χ0) is 21.0. The lowest BCUT2D eigenvalue weighted by Gasteiger charge is -2.33. The first-order valence-corrected chi connectivity index (χ1v) is 10.1. The number of carbonyl (C=O) groups is 1. The molecule has 2 amide bonds. The lowest BCUT2D eigenvalue weighted by atomic mass is 9.85. The molecule has 0 aliphatic carbocycles. The fourth-order valence-electron chi connectivity index (χ4n) is 3.85. The molecule has 0 radical (unpaired) electrons. The number of hydrogen-bond acceptors (Lipinski definition) is 3. The summed E-state index contributed by atoms with van der Waals surface area (Å²) < 4.78 is 10.8. The molecule has 1 aliphatic heterocycles. The van der Waals surface area contributed by atoms with E-state index in [-0.39, 0.29) is 17.5 Å². The number of fused-ring (bicyclic) bond motifs is 1. The van der Waals surface area contributed by atoms with Gasteiger partial charge in [-0.15, -0.1) is 0 Å². The minimum Gasteiger partial charge on any atom is -0.493 e. The zero-order valence-corrected chi connectivity index (χ0v) is 18.1. The highest BCUT2D eigenvalue weighted by molar-refractivity contribution is 5.75. The van der Waals surface area contributed by atoms with E-state index in [2.05, 4.69) is 38.2 Å². The van der Waals surface area contributed by atoms with Gasteiger partial charge in [-0.1, -0.05) is 51.1 Å². The molecule has 0 aromatic heterocycles. The third-order valence-electron chi connectivity index (χ3n) is 5.32. The summed E-state index contributed by atoms with van der Waals surface area (Å²) in [7, 11) is 3.28. The third kappa shape index (κ3) is 5.22. The number of methoxy groups -OCH3 is 2. The molecule has 2 aromatic carbocycles. The number of nitrogens with zero attached hydrogens (tertiary/aromatic N) is 1. The van der Waals surface area contributed by atoms with Crippen LogP contribution in [0.5, 0.6) is 11.5 Å². The molecule has 1 aliphatic rings. The molecule has 0 saturated carbocycles. The van der Waals surface area contributed by atoms with E-state index in [1.165, 1.54) is 5.56 Å². The second kappa shape index (κ2) is 8.76. The minimum atomic E-state index is -0.0245. The summed E-state index contributed by atoms with van der Waals surface area (Å²) in [4.78, 5) is 15.0. The molecular formula is C24H32N2O3. The zero-order valence-electron chi connectivity index (χ0n) is 18.1. The second-order valence-electron chi connectivity index (χ2n) is 8.83. The number of amides is 2. The van der Waals surface area contributed by atoms with Gasteiger partial charge in [0.2, 0.25) is 0 Å². The smallest absolute Gasteiger partial charge is 0.318 e. The van der Waals surface area contributed by atoms with Crippen LogP contribution >= 0.6 is 0 Å². The fourth-order valence-corrected chi connectivity index (χ4v) is 3.85. The van der Waals surface area contributed by atoms with Crippen LogP contribution in [0.2, 0.25) is 0 Å². The van der Waals surface area contributed by atoms with Crippen LogP contribution in [0.15, 0.2) is 42.5 Å². The van der Waals surface area contributed by atoms with E-state index in [1.54, 1.807) is 14.2 Å². The van der Waals surface area contributed by atoms with Crippen LogP contribution in [-0.4, -0.2) is 31.7 Å². The van der Waals surface area contributed by atoms with Crippen LogP contribution in [0.3, 0.4) is 0 Å². The minimum absolute atomic E-state index is 0.0181. The van der Waals surface area contributed by atoms with Gasteiger partial charge in [0.15, 0.2) is 11.5 Å². The molecule has 0 bridgehead atoms. The normalized spacial score (nSPS) is 14.7. The van der Waals surface area contributed by atoms with E-state index in [0.29, 0.717) is 18.8 Å². The van der Waals surface area contributed by atoms with E-state index >= 15 is 0 Å². The maximum Gasteiger partial charge on any atom is 0.318 e. The second-order valence-corrected chi connectivity index (χ2v) is 8.83. The Hall–Kier alpha value is -2.69. The molecule has 1 N–H and O–H groups in total. The van der Waals surface area contributed by atoms with Gasteiger partial charge in [-0.05, 0) is 47.1 Å². The van der Waals surface area contributed by atoms with Gasteiger partial charge in [0, 0.05) is 13.1 Å². The van der Waals surface area contributed by atoms with Gasteiger partial charge in [-0.2, -0.15) is 0 Å². The van der Waals surface area contributed by atoms with Crippen molar-refractivity contribution in [2.45, 2.75) is 46.2 Å². The summed E-state index contributed by atoms with van der Waals surface area (Å²) in [6.45, 7) is 7.85. The molecule has 1 atom stereocenters. The molecule has 1 unspecified atom stereocenters. The van der Waals surface area contributed by atoms with E-state index in [4.69, 9.17) is 9.47 Å². The molecule has 1 heterocycles. The molecule has 0 saturated heterocycles. The molecule has 5 heteroatoms. The molecule has 3 rings (SSSR count). The highest BCUT2D eigenvalue weighted by Gasteiger charge is 2.27. The van der Waals surface area contributed by atoms with Crippen molar-refractivity contribution in [1.29, 1.82) is 0 Å². The quantitative estimate of drug-likeness (QED) is 0.778. The van der Waals surface area contributed by atoms with Crippen LogP contribution < -0.4 is 14.8 Å². The topological polar surface area (TPSA) is 50.8 Å².